The number of carbonyl (C=O) groups excluding carboxylic acids is 2. The zero-order valence-corrected chi connectivity index (χ0v) is 21.5. The van der Waals surface area contributed by atoms with Crippen molar-refractivity contribution in [1.29, 1.82) is 0 Å². The van der Waals surface area contributed by atoms with Crippen LogP contribution >= 0.6 is 7.29 Å². The maximum Gasteiger partial charge on any atom is 0.326 e. The molecule has 2 aromatic rings. The number of rotatable bonds is 9. The molecule has 3 atom stereocenters. The molecule has 0 spiro atoms. The van der Waals surface area contributed by atoms with Crippen LogP contribution in [0.3, 0.4) is 0 Å². The molecule has 2 aliphatic rings. The van der Waals surface area contributed by atoms with Gasteiger partial charge in [0.2, 0.25) is 11.8 Å². The molecule has 0 aliphatic carbocycles. The van der Waals surface area contributed by atoms with Gasteiger partial charge in [-0.1, -0.05) is 60.7 Å². The fourth-order valence-corrected chi connectivity index (χ4v) is 8.04. The van der Waals surface area contributed by atoms with E-state index in [1.807, 2.05) is 60.7 Å². The summed E-state index contributed by atoms with van der Waals surface area (Å²) in [5.41, 5.74) is 1.85. The first-order chi connectivity index (χ1) is 17.3. The quantitative estimate of drug-likeness (QED) is 0.497. The second-order valence-corrected chi connectivity index (χ2v) is 12.4. The van der Waals surface area contributed by atoms with E-state index in [1.54, 1.807) is 11.8 Å². The summed E-state index contributed by atoms with van der Waals surface area (Å²) >= 11 is 0. The van der Waals surface area contributed by atoms with E-state index in [2.05, 4.69) is 5.09 Å². The summed E-state index contributed by atoms with van der Waals surface area (Å²) in [7, 11) is -3.07. The SMILES string of the molecule is CC(NP(=O)(Cc1ccccc1)Cc1ccccc1)C(=O)N1CCCC1C(=O)N1CCCC1C(=O)O. The lowest BCUT2D eigenvalue weighted by Gasteiger charge is -2.32. The topological polar surface area (TPSA) is 107 Å². The molecule has 2 fully saturated rings. The highest BCUT2D eigenvalue weighted by molar-refractivity contribution is 7.60. The van der Waals surface area contributed by atoms with Crippen LogP contribution in [-0.4, -0.2) is 63.9 Å². The summed E-state index contributed by atoms with van der Waals surface area (Å²) < 4.78 is 14.2. The molecule has 2 aromatic carbocycles. The molecule has 192 valence electrons. The van der Waals surface area contributed by atoms with Crippen molar-refractivity contribution in [3.05, 3.63) is 71.8 Å². The van der Waals surface area contributed by atoms with Crippen molar-refractivity contribution in [3.8, 4) is 0 Å². The smallest absolute Gasteiger partial charge is 0.326 e. The normalized spacial score (nSPS) is 20.9. The summed E-state index contributed by atoms with van der Waals surface area (Å²) in [6.07, 6.45) is 2.86. The Balaban J connectivity index is 1.50. The van der Waals surface area contributed by atoms with Crippen molar-refractivity contribution in [1.82, 2.24) is 14.9 Å². The van der Waals surface area contributed by atoms with Crippen LogP contribution in [0.25, 0.3) is 0 Å². The average molecular weight is 512 g/mol. The molecule has 9 heteroatoms. The number of amides is 2. The molecule has 0 radical (unpaired) electrons. The molecule has 3 unspecified atom stereocenters. The van der Waals surface area contributed by atoms with Gasteiger partial charge in [-0.05, 0) is 43.7 Å². The van der Waals surface area contributed by atoms with Crippen molar-refractivity contribution >= 4 is 25.1 Å². The number of aliphatic carboxylic acids is 1. The number of nitrogens with zero attached hydrogens (tertiary/aromatic N) is 2. The van der Waals surface area contributed by atoms with Gasteiger partial charge in [0, 0.05) is 25.4 Å². The van der Waals surface area contributed by atoms with Gasteiger partial charge in [0.25, 0.3) is 0 Å². The van der Waals surface area contributed by atoms with Crippen molar-refractivity contribution in [2.75, 3.05) is 13.1 Å². The number of carbonyl (C=O) groups is 3. The second kappa shape index (κ2) is 11.4. The van der Waals surface area contributed by atoms with Gasteiger partial charge >= 0.3 is 5.97 Å². The van der Waals surface area contributed by atoms with Gasteiger partial charge in [-0.15, -0.1) is 0 Å². The number of nitrogens with one attached hydrogen (secondary N) is 1. The summed E-state index contributed by atoms with van der Waals surface area (Å²) in [5, 5.41) is 12.7. The Morgan fingerprint density at radius 2 is 1.39 bits per heavy atom. The van der Waals surface area contributed by atoms with Gasteiger partial charge < -0.3 is 19.5 Å². The van der Waals surface area contributed by atoms with E-state index in [-0.39, 0.29) is 11.8 Å². The molecule has 0 saturated carbocycles. The lowest BCUT2D eigenvalue weighted by molar-refractivity contribution is -0.152. The molecule has 0 bridgehead atoms. The van der Waals surface area contributed by atoms with Gasteiger partial charge in [0.1, 0.15) is 12.1 Å². The number of likely N-dealkylation sites (tertiary alicyclic amines) is 2. The van der Waals surface area contributed by atoms with Crippen LogP contribution in [0.15, 0.2) is 60.7 Å². The van der Waals surface area contributed by atoms with Gasteiger partial charge in [0.05, 0.1) is 6.04 Å². The molecule has 2 amide bonds. The van der Waals surface area contributed by atoms with E-state index in [0.29, 0.717) is 51.1 Å². The second-order valence-electron chi connectivity index (χ2n) is 9.75. The van der Waals surface area contributed by atoms with E-state index in [4.69, 9.17) is 0 Å². The Bertz CT molecular complexity index is 1080. The van der Waals surface area contributed by atoms with E-state index >= 15 is 0 Å². The highest BCUT2D eigenvalue weighted by Crippen LogP contribution is 2.49. The van der Waals surface area contributed by atoms with Crippen LogP contribution < -0.4 is 5.09 Å². The van der Waals surface area contributed by atoms with Crippen LogP contribution in [0.1, 0.15) is 43.7 Å². The summed E-state index contributed by atoms with van der Waals surface area (Å²) in [6, 6.07) is 16.9. The first-order valence-corrected chi connectivity index (χ1v) is 14.6. The van der Waals surface area contributed by atoms with Crippen LogP contribution in [0, 0.1) is 0 Å². The molecule has 2 saturated heterocycles. The molecule has 2 N–H and O–H groups in total. The molecular formula is C27H34N3O5P. The number of hydrogen-bond donors (Lipinski definition) is 2. The standard InChI is InChI=1S/C27H34N3O5P/c1-20(25(31)29-16-8-14-23(29)26(32)30-17-9-15-24(30)27(33)34)28-36(35,18-21-10-4-2-5-11-21)19-22-12-6-3-7-13-22/h2-7,10-13,20,23-24H,8-9,14-19H2,1H3,(H,28,35)(H,33,34). The third-order valence-corrected chi connectivity index (χ3v) is 9.61. The van der Waals surface area contributed by atoms with Crippen molar-refractivity contribution in [3.63, 3.8) is 0 Å². The molecular weight excluding hydrogens is 477 g/mol. The first kappa shape index (κ1) is 26.1. The van der Waals surface area contributed by atoms with Gasteiger partial charge in [0.15, 0.2) is 7.29 Å². The highest BCUT2D eigenvalue weighted by atomic mass is 31.2. The zero-order chi connectivity index (χ0) is 25.7. The minimum absolute atomic E-state index is 0.279. The Morgan fingerprint density at radius 1 is 0.889 bits per heavy atom. The van der Waals surface area contributed by atoms with Crippen LogP contribution in [0.2, 0.25) is 0 Å². The molecule has 2 heterocycles. The monoisotopic (exact) mass is 511 g/mol. The van der Waals surface area contributed by atoms with E-state index < -0.39 is 31.4 Å². The minimum atomic E-state index is -3.07. The Hall–Kier alpha value is -2.96. The third kappa shape index (κ3) is 6.05. The van der Waals surface area contributed by atoms with Gasteiger partial charge in [-0.3, -0.25) is 14.7 Å². The number of carboxylic acid groups (broad SMARTS) is 1. The predicted octanol–water partition coefficient (Wildman–Crippen LogP) is 3.71. The molecule has 2 aliphatic heterocycles. The predicted molar refractivity (Wildman–Crippen MR) is 138 cm³/mol. The van der Waals surface area contributed by atoms with E-state index in [1.165, 1.54) is 4.90 Å². The largest absolute Gasteiger partial charge is 0.480 e. The maximum atomic E-state index is 14.2. The fourth-order valence-electron chi connectivity index (χ4n) is 5.33. The van der Waals surface area contributed by atoms with E-state index in [9.17, 15) is 24.1 Å². The number of benzene rings is 2. The van der Waals surface area contributed by atoms with Crippen LogP contribution in [0.4, 0.5) is 0 Å². The third-order valence-electron chi connectivity index (χ3n) is 7.00. The Labute approximate surface area is 212 Å². The summed E-state index contributed by atoms with van der Waals surface area (Å²) in [5.74, 6) is -1.58. The maximum absolute atomic E-state index is 14.2. The zero-order valence-electron chi connectivity index (χ0n) is 20.6. The van der Waals surface area contributed by atoms with E-state index in [0.717, 1.165) is 11.1 Å². The number of hydrogen-bond acceptors (Lipinski definition) is 4. The summed E-state index contributed by atoms with van der Waals surface area (Å²) in [6.45, 7) is 2.51. The van der Waals surface area contributed by atoms with Gasteiger partial charge in [-0.25, -0.2) is 4.79 Å². The van der Waals surface area contributed by atoms with Crippen molar-refractivity contribution in [2.45, 2.75) is 63.1 Å². The van der Waals surface area contributed by atoms with Gasteiger partial charge in [-0.2, -0.15) is 0 Å². The highest BCUT2D eigenvalue weighted by Gasteiger charge is 2.43. The first-order valence-electron chi connectivity index (χ1n) is 12.5. The number of carboxylic acids is 1. The summed E-state index contributed by atoms with van der Waals surface area (Å²) in [4.78, 5) is 41.3. The van der Waals surface area contributed by atoms with Crippen molar-refractivity contribution < 1.29 is 24.1 Å². The molecule has 0 aromatic heterocycles. The van der Waals surface area contributed by atoms with Crippen LogP contribution in [0.5, 0.6) is 0 Å². The molecule has 8 nitrogen and oxygen atoms in total. The van der Waals surface area contributed by atoms with Crippen LogP contribution in [-0.2, 0) is 31.3 Å². The Morgan fingerprint density at radius 3 is 1.92 bits per heavy atom. The lowest BCUT2D eigenvalue weighted by atomic mass is 10.1. The van der Waals surface area contributed by atoms with Crippen molar-refractivity contribution in [2.24, 2.45) is 0 Å². The molecule has 36 heavy (non-hydrogen) atoms. The lowest BCUT2D eigenvalue weighted by Crippen LogP contribution is -2.53. The minimum Gasteiger partial charge on any atom is -0.480 e. The molecule has 4 rings (SSSR count). The fraction of sp³-hybridized carbons (Fsp3) is 0.444. The average Bonchev–Trinajstić information content (AvgIpc) is 3.54. The Kier molecular flexibility index (Phi) is 8.27.